The van der Waals surface area contributed by atoms with E-state index in [1.54, 1.807) is 26.8 Å². The molecule has 3 saturated heterocycles. The van der Waals surface area contributed by atoms with Crippen molar-refractivity contribution in [2.75, 3.05) is 13.1 Å². The monoisotopic (exact) mass is 591 g/mol. The highest BCUT2D eigenvalue weighted by Gasteiger charge is 2.88. The molecule has 42 heavy (non-hydrogen) atoms. The van der Waals surface area contributed by atoms with Gasteiger partial charge in [-0.1, -0.05) is 19.9 Å². The number of hydrogen-bond acceptors (Lipinski definition) is 10. The van der Waals surface area contributed by atoms with Gasteiger partial charge in [-0.2, -0.15) is 0 Å². The zero-order valence-corrected chi connectivity index (χ0v) is 25.5. The largest absolute Gasteiger partial charge is 0.453 e. The molecule has 4 bridgehead atoms. The molecule has 10 heteroatoms. The Morgan fingerprint density at radius 3 is 2.33 bits per heavy atom. The van der Waals surface area contributed by atoms with Crippen LogP contribution in [0.2, 0.25) is 0 Å². The Bertz CT molecular complexity index is 1220. The van der Waals surface area contributed by atoms with Crippen LogP contribution in [0.3, 0.4) is 0 Å². The van der Waals surface area contributed by atoms with Crippen LogP contribution in [0.1, 0.15) is 86.0 Å². The van der Waals surface area contributed by atoms with Crippen LogP contribution in [-0.2, 0) is 14.3 Å². The predicted molar refractivity (Wildman–Crippen MR) is 150 cm³/mol. The molecule has 1 spiro atoms. The number of nitrogens with zero attached hydrogens (tertiary/aromatic N) is 1. The topological polar surface area (TPSA) is 160 Å². The normalized spacial score (nSPS) is 60.3. The van der Waals surface area contributed by atoms with Crippen LogP contribution < -0.4 is 0 Å². The summed E-state index contributed by atoms with van der Waals surface area (Å²) in [5.74, 6) is -4.05. The van der Waals surface area contributed by atoms with E-state index in [2.05, 4.69) is 11.8 Å². The van der Waals surface area contributed by atoms with Crippen LogP contribution in [0.5, 0.6) is 0 Å². The molecule has 0 aromatic carbocycles. The van der Waals surface area contributed by atoms with E-state index >= 15 is 0 Å². The Kier molecular flexibility index (Phi) is 6.04. The summed E-state index contributed by atoms with van der Waals surface area (Å²) in [6.45, 7) is 10.1. The van der Waals surface area contributed by atoms with Gasteiger partial charge < -0.3 is 40.1 Å². The van der Waals surface area contributed by atoms with Crippen molar-refractivity contribution in [1.82, 2.24) is 4.90 Å². The molecule has 0 amide bonds. The first kappa shape index (κ1) is 29.6. The van der Waals surface area contributed by atoms with Crippen molar-refractivity contribution < 1.29 is 44.9 Å². The minimum atomic E-state index is -2.06. The van der Waals surface area contributed by atoms with Gasteiger partial charge in [0.1, 0.15) is 22.4 Å². The Labute approximate surface area is 247 Å². The van der Waals surface area contributed by atoms with Crippen molar-refractivity contribution >= 4 is 5.97 Å². The van der Waals surface area contributed by atoms with Gasteiger partial charge in [0.05, 0.1) is 11.7 Å². The maximum atomic E-state index is 12.9. The zero-order chi connectivity index (χ0) is 30.5. The van der Waals surface area contributed by atoms with Gasteiger partial charge in [-0.15, -0.1) is 0 Å². The number of carbonyl (C=O) groups is 1. The molecule has 0 aromatic rings. The van der Waals surface area contributed by atoms with E-state index in [1.165, 1.54) is 0 Å². The number of rotatable bonds is 2. The summed E-state index contributed by atoms with van der Waals surface area (Å²) in [4.78, 5) is 14.9. The van der Waals surface area contributed by atoms with Gasteiger partial charge >= 0.3 is 5.97 Å². The molecule has 236 valence electrons. The van der Waals surface area contributed by atoms with Crippen molar-refractivity contribution in [2.45, 2.75) is 138 Å². The molecule has 4 saturated carbocycles. The van der Waals surface area contributed by atoms with Crippen LogP contribution in [-0.4, -0.2) is 107 Å². The number of aliphatic hydroxyl groups excluding tert-OH is 1. The summed E-state index contributed by atoms with van der Waals surface area (Å²) in [7, 11) is 0. The molecule has 4 aliphatic carbocycles. The molecule has 14 atom stereocenters. The molecule has 3 heterocycles. The fourth-order valence-electron chi connectivity index (χ4n) is 11.8. The van der Waals surface area contributed by atoms with Crippen LogP contribution in [0, 0.1) is 29.1 Å². The first-order chi connectivity index (χ1) is 19.5. The number of ether oxygens (including phenoxy) is 2. The number of esters is 1. The van der Waals surface area contributed by atoms with Gasteiger partial charge in [-0.25, -0.2) is 4.79 Å². The number of piperidine rings is 2. The van der Waals surface area contributed by atoms with Crippen LogP contribution in [0.15, 0.2) is 11.6 Å². The highest BCUT2D eigenvalue weighted by molar-refractivity contribution is 5.87. The maximum Gasteiger partial charge on any atom is 0.333 e. The number of carbonyl (C=O) groups excluding carboxylic acids is 1. The van der Waals surface area contributed by atoms with Gasteiger partial charge in [0.25, 0.3) is 0 Å². The van der Waals surface area contributed by atoms with Gasteiger partial charge in [0, 0.05) is 60.7 Å². The SMILES string of the molecule is C/C=C(/C)C(=O)O[C@H]1CC[C@@]2(C)[C@@H]3CC[C@H]4[C@@]5(O)C[C@@H](O)[C@]6(O)[C@@H](CN7C[C@H](C)CC[C@@H]7[C@@]6(C)O)[C@@]5(O)C[C@@]42O[C@]13O. The molecule has 3 aliphatic heterocycles. The molecule has 7 rings (SSSR count). The summed E-state index contributed by atoms with van der Waals surface area (Å²) in [6, 6.07) is -0.387. The third-order valence-corrected chi connectivity index (χ3v) is 14.1. The van der Waals surface area contributed by atoms with E-state index in [9.17, 15) is 35.4 Å². The average molecular weight is 592 g/mol. The summed E-state index contributed by atoms with van der Waals surface area (Å²) >= 11 is 0. The number of allylic oxidation sites excluding steroid dienone is 1. The van der Waals surface area contributed by atoms with Gasteiger partial charge in [-0.05, 0) is 65.2 Å². The standard InChI is InChI=1S/C32H49NO9/c1-6-18(3)25(35)41-24-11-12-26(4)19-8-9-20-28(37)13-23(34)31(39)21(29(28,38)16-30(20,26)42-32(19,24)40)15-33-14-17(2)7-10-22(33)27(31,5)36/h6,17,19-24,34,36-40H,7-16H2,1-5H3/b18-6-/t17-,19+,20+,21+,22-,23-,24+,26+,27-,28+,29+,30-,31-,32+/m1/s1. The average Bonchev–Trinajstić information content (AvgIpc) is 3.09. The van der Waals surface area contributed by atoms with E-state index in [-0.39, 0.29) is 25.4 Å². The highest BCUT2D eigenvalue weighted by Crippen LogP contribution is 2.78. The second-order valence-corrected chi connectivity index (χ2v) is 15.7. The third-order valence-electron chi connectivity index (χ3n) is 14.1. The molecule has 10 nitrogen and oxygen atoms in total. The van der Waals surface area contributed by atoms with Gasteiger partial charge in [0.2, 0.25) is 5.79 Å². The van der Waals surface area contributed by atoms with Crippen LogP contribution in [0.4, 0.5) is 0 Å². The lowest BCUT2D eigenvalue weighted by molar-refractivity contribution is -0.354. The molecule has 0 unspecified atom stereocenters. The van der Waals surface area contributed by atoms with Gasteiger partial charge in [-0.3, -0.25) is 4.90 Å². The highest BCUT2D eigenvalue weighted by atomic mass is 16.7. The Hall–Kier alpha value is -1.11. The van der Waals surface area contributed by atoms with Crippen molar-refractivity contribution in [2.24, 2.45) is 29.1 Å². The predicted octanol–water partition coefficient (Wildman–Crippen LogP) is 0.991. The summed E-state index contributed by atoms with van der Waals surface area (Å²) in [5, 5.41) is 73.9. The van der Waals surface area contributed by atoms with E-state index in [0.717, 1.165) is 6.42 Å². The van der Waals surface area contributed by atoms with Crippen molar-refractivity contribution in [3.8, 4) is 0 Å². The minimum Gasteiger partial charge on any atom is -0.453 e. The summed E-state index contributed by atoms with van der Waals surface area (Å²) < 4.78 is 12.6. The molecular weight excluding hydrogens is 542 g/mol. The number of hydrogen-bond donors (Lipinski definition) is 6. The van der Waals surface area contributed by atoms with E-state index < -0.39 is 75.1 Å². The van der Waals surface area contributed by atoms with E-state index in [0.29, 0.717) is 50.1 Å². The zero-order valence-electron chi connectivity index (χ0n) is 25.5. The molecule has 0 aromatic heterocycles. The fourth-order valence-corrected chi connectivity index (χ4v) is 11.8. The second kappa shape index (κ2) is 8.57. The number of fused-ring (bicyclic) bond motifs is 5. The van der Waals surface area contributed by atoms with Crippen molar-refractivity contribution in [1.29, 1.82) is 0 Å². The van der Waals surface area contributed by atoms with E-state index in [1.807, 2.05) is 6.92 Å². The Morgan fingerprint density at radius 2 is 1.64 bits per heavy atom. The molecule has 7 fully saturated rings. The van der Waals surface area contributed by atoms with Crippen molar-refractivity contribution in [3.05, 3.63) is 11.6 Å². The third kappa shape index (κ3) is 3.07. The Balaban J connectivity index is 1.32. The first-order valence-electron chi connectivity index (χ1n) is 16.0. The second-order valence-electron chi connectivity index (χ2n) is 15.7. The lowest BCUT2D eigenvalue weighted by atomic mass is 9.49. The first-order valence-corrected chi connectivity index (χ1v) is 16.0. The summed E-state index contributed by atoms with van der Waals surface area (Å²) in [6.07, 6.45) is 2.30. The molecule has 6 N–H and O–H groups in total. The maximum absolute atomic E-state index is 12.9. The smallest absolute Gasteiger partial charge is 0.333 e. The van der Waals surface area contributed by atoms with Gasteiger partial charge in [0.15, 0.2) is 6.10 Å². The van der Waals surface area contributed by atoms with Crippen molar-refractivity contribution in [3.63, 3.8) is 0 Å². The molecular formula is C32H49NO9. The lowest BCUT2D eigenvalue weighted by Gasteiger charge is -2.68. The fraction of sp³-hybridized carbons (Fsp3) is 0.906. The summed E-state index contributed by atoms with van der Waals surface area (Å²) in [5.41, 5.74) is -8.96. The minimum absolute atomic E-state index is 0.0606. The number of aliphatic hydroxyl groups is 6. The van der Waals surface area contributed by atoms with E-state index in [4.69, 9.17) is 9.47 Å². The quantitative estimate of drug-likeness (QED) is 0.202. The molecule has 7 aliphatic rings. The molecule has 0 radical (unpaired) electrons. The Morgan fingerprint density at radius 1 is 0.952 bits per heavy atom. The van der Waals surface area contributed by atoms with Crippen LogP contribution in [0.25, 0.3) is 0 Å². The lowest BCUT2D eigenvalue weighted by Crippen LogP contribution is -2.85. The van der Waals surface area contributed by atoms with Crippen LogP contribution >= 0.6 is 0 Å².